The molecular formula is C12H25NO3. The molecule has 96 valence electrons. The molecule has 0 radical (unpaired) electrons. The minimum absolute atomic E-state index is 0.0831. The summed E-state index contributed by atoms with van der Waals surface area (Å²) < 4.78 is 10.9. The van der Waals surface area contributed by atoms with Crippen molar-refractivity contribution in [1.82, 2.24) is 5.32 Å². The maximum atomic E-state index is 9.13. The largest absolute Gasteiger partial charge is 0.395 e. The molecule has 1 fully saturated rings. The normalized spacial score (nSPS) is 19.9. The maximum absolute atomic E-state index is 9.13. The first-order valence-electron chi connectivity index (χ1n) is 6.36. The lowest BCUT2D eigenvalue weighted by Crippen LogP contribution is -2.37. The molecule has 0 bridgehead atoms. The van der Waals surface area contributed by atoms with Crippen LogP contribution in [0.1, 0.15) is 26.2 Å². The zero-order chi connectivity index (χ0) is 11.6. The third-order valence-electron chi connectivity index (χ3n) is 2.92. The van der Waals surface area contributed by atoms with Crippen LogP contribution in [0.2, 0.25) is 0 Å². The second-order valence-electron chi connectivity index (χ2n) is 4.43. The van der Waals surface area contributed by atoms with E-state index in [1.807, 2.05) is 0 Å². The standard InChI is InChI=1S/C12H25NO3/c1-2-5-13-12(8-14)10-16-9-11-3-6-15-7-4-11/h11-14H,2-10H2,1H3. The topological polar surface area (TPSA) is 50.7 Å². The molecule has 4 heteroatoms. The molecule has 1 atom stereocenters. The zero-order valence-electron chi connectivity index (χ0n) is 10.3. The summed E-state index contributed by atoms with van der Waals surface area (Å²) in [7, 11) is 0. The maximum Gasteiger partial charge on any atom is 0.0642 e. The fourth-order valence-corrected chi connectivity index (χ4v) is 1.81. The number of nitrogens with one attached hydrogen (secondary N) is 1. The SMILES string of the molecule is CCCNC(CO)COCC1CCOCC1. The van der Waals surface area contributed by atoms with Gasteiger partial charge in [-0.1, -0.05) is 6.92 Å². The van der Waals surface area contributed by atoms with Crippen LogP contribution in [0.5, 0.6) is 0 Å². The van der Waals surface area contributed by atoms with Crippen molar-refractivity contribution in [3.05, 3.63) is 0 Å². The molecule has 1 unspecified atom stereocenters. The van der Waals surface area contributed by atoms with Gasteiger partial charge in [-0.2, -0.15) is 0 Å². The smallest absolute Gasteiger partial charge is 0.0642 e. The van der Waals surface area contributed by atoms with Crippen LogP contribution < -0.4 is 5.32 Å². The first-order valence-corrected chi connectivity index (χ1v) is 6.36. The summed E-state index contributed by atoms with van der Waals surface area (Å²) in [5.74, 6) is 0.638. The Labute approximate surface area is 98.3 Å². The first kappa shape index (κ1) is 13.9. The highest BCUT2D eigenvalue weighted by molar-refractivity contribution is 4.66. The van der Waals surface area contributed by atoms with Gasteiger partial charge in [-0.15, -0.1) is 0 Å². The van der Waals surface area contributed by atoms with Crippen LogP contribution in [0.3, 0.4) is 0 Å². The molecule has 0 amide bonds. The first-order chi connectivity index (χ1) is 7.86. The second kappa shape index (κ2) is 8.93. The van der Waals surface area contributed by atoms with Gasteiger partial charge in [0.15, 0.2) is 0 Å². The molecule has 16 heavy (non-hydrogen) atoms. The lowest BCUT2D eigenvalue weighted by molar-refractivity contribution is 0.0110. The monoisotopic (exact) mass is 231 g/mol. The predicted molar refractivity (Wildman–Crippen MR) is 63.5 cm³/mol. The van der Waals surface area contributed by atoms with Gasteiger partial charge in [0.25, 0.3) is 0 Å². The molecular weight excluding hydrogens is 206 g/mol. The van der Waals surface area contributed by atoms with E-state index < -0.39 is 0 Å². The third-order valence-corrected chi connectivity index (χ3v) is 2.92. The summed E-state index contributed by atoms with van der Waals surface area (Å²) in [6.07, 6.45) is 3.29. The van der Waals surface area contributed by atoms with E-state index in [2.05, 4.69) is 12.2 Å². The highest BCUT2D eigenvalue weighted by Crippen LogP contribution is 2.14. The molecule has 0 aliphatic carbocycles. The van der Waals surface area contributed by atoms with E-state index in [0.29, 0.717) is 12.5 Å². The third kappa shape index (κ3) is 5.80. The molecule has 0 saturated carbocycles. The second-order valence-corrected chi connectivity index (χ2v) is 4.43. The summed E-state index contributed by atoms with van der Waals surface area (Å²) in [6, 6.07) is 0.0831. The molecule has 0 aromatic carbocycles. The highest BCUT2D eigenvalue weighted by atomic mass is 16.5. The van der Waals surface area contributed by atoms with Gasteiger partial charge in [0.1, 0.15) is 0 Å². The molecule has 2 N–H and O–H groups in total. The van der Waals surface area contributed by atoms with Gasteiger partial charge in [-0.05, 0) is 31.7 Å². The van der Waals surface area contributed by atoms with E-state index in [9.17, 15) is 0 Å². The van der Waals surface area contributed by atoms with Crippen LogP contribution in [0.15, 0.2) is 0 Å². The fraction of sp³-hybridized carbons (Fsp3) is 1.00. The molecule has 4 nitrogen and oxygen atoms in total. The number of aliphatic hydroxyl groups is 1. The van der Waals surface area contributed by atoms with Gasteiger partial charge in [-0.3, -0.25) is 0 Å². The fourth-order valence-electron chi connectivity index (χ4n) is 1.81. The van der Waals surface area contributed by atoms with Crippen LogP contribution >= 0.6 is 0 Å². The molecule has 0 spiro atoms. The van der Waals surface area contributed by atoms with Gasteiger partial charge in [0.2, 0.25) is 0 Å². The molecule has 0 aromatic rings. The van der Waals surface area contributed by atoms with Crippen LogP contribution in [0.25, 0.3) is 0 Å². The summed E-state index contributed by atoms with van der Waals surface area (Å²) in [5, 5.41) is 12.4. The molecule has 1 heterocycles. The number of ether oxygens (including phenoxy) is 2. The van der Waals surface area contributed by atoms with Crippen molar-refractivity contribution in [2.45, 2.75) is 32.2 Å². The Hall–Kier alpha value is -0.160. The molecule has 0 aromatic heterocycles. The van der Waals surface area contributed by atoms with Crippen molar-refractivity contribution in [3.63, 3.8) is 0 Å². The van der Waals surface area contributed by atoms with Crippen molar-refractivity contribution in [3.8, 4) is 0 Å². The summed E-state index contributed by atoms with van der Waals surface area (Å²) >= 11 is 0. The van der Waals surface area contributed by atoms with Gasteiger partial charge in [-0.25, -0.2) is 0 Å². The van der Waals surface area contributed by atoms with Crippen LogP contribution in [0, 0.1) is 5.92 Å². The van der Waals surface area contributed by atoms with Gasteiger partial charge >= 0.3 is 0 Å². The van der Waals surface area contributed by atoms with E-state index in [1.165, 1.54) is 0 Å². The molecule has 1 rings (SSSR count). The predicted octanol–water partition coefficient (Wildman–Crippen LogP) is 0.790. The quantitative estimate of drug-likeness (QED) is 0.648. The number of hydrogen-bond acceptors (Lipinski definition) is 4. The van der Waals surface area contributed by atoms with Crippen molar-refractivity contribution in [2.75, 3.05) is 39.6 Å². The number of aliphatic hydroxyl groups excluding tert-OH is 1. The van der Waals surface area contributed by atoms with E-state index >= 15 is 0 Å². The highest BCUT2D eigenvalue weighted by Gasteiger charge is 2.14. The Bertz CT molecular complexity index is 160. The zero-order valence-corrected chi connectivity index (χ0v) is 10.3. The number of rotatable bonds is 8. The molecule has 1 saturated heterocycles. The van der Waals surface area contributed by atoms with Crippen LogP contribution in [0.4, 0.5) is 0 Å². The van der Waals surface area contributed by atoms with Crippen molar-refractivity contribution >= 4 is 0 Å². The lowest BCUT2D eigenvalue weighted by Gasteiger charge is -2.23. The van der Waals surface area contributed by atoms with E-state index in [0.717, 1.165) is 45.6 Å². The Morgan fingerprint density at radius 1 is 1.44 bits per heavy atom. The molecule has 1 aliphatic rings. The minimum atomic E-state index is 0.0831. The lowest BCUT2D eigenvalue weighted by atomic mass is 10.0. The van der Waals surface area contributed by atoms with Crippen molar-refractivity contribution < 1.29 is 14.6 Å². The van der Waals surface area contributed by atoms with Gasteiger partial charge < -0.3 is 19.9 Å². The summed E-state index contributed by atoms with van der Waals surface area (Å²) in [6.45, 7) is 6.34. The summed E-state index contributed by atoms with van der Waals surface area (Å²) in [4.78, 5) is 0. The number of hydrogen-bond donors (Lipinski definition) is 2. The van der Waals surface area contributed by atoms with Crippen molar-refractivity contribution in [2.24, 2.45) is 5.92 Å². The average molecular weight is 231 g/mol. The Kier molecular flexibility index (Phi) is 7.76. The Balaban J connectivity index is 2.02. The van der Waals surface area contributed by atoms with Crippen molar-refractivity contribution in [1.29, 1.82) is 0 Å². The summed E-state index contributed by atoms with van der Waals surface area (Å²) in [5.41, 5.74) is 0. The minimum Gasteiger partial charge on any atom is -0.395 e. The van der Waals surface area contributed by atoms with Gasteiger partial charge in [0, 0.05) is 19.8 Å². The van der Waals surface area contributed by atoms with E-state index in [1.54, 1.807) is 0 Å². The Morgan fingerprint density at radius 2 is 2.19 bits per heavy atom. The van der Waals surface area contributed by atoms with Gasteiger partial charge in [0.05, 0.1) is 19.3 Å². The van der Waals surface area contributed by atoms with E-state index in [-0.39, 0.29) is 12.6 Å². The van der Waals surface area contributed by atoms with E-state index in [4.69, 9.17) is 14.6 Å². The average Bonchev–Trinajstić information content (AvgIpc) is 2.35. The Morgan fingerprint density at radius 3 is 2.81 bits per heavy atom. The molecule has 1 aliphatic heterocycles. The van der Waals surface area contributed by atoms with Crippen LogP contribution in [-0.2, 0) is 9.47 Å². The van der Waals surface area contributed by atoms with Crippen LogP contribution in [-0.4, -0.2) is 50.7 Å².